The predicted molar refractivity (Wildman–Crippen MR) is 131 cm³/mol. The first kappa shape index (κ1) is 22.1. The molecule has 0 aliphatic rings. The number of aromatic nitrogens is 3. The SMILES string of the molecule is CC(=O)Nc1ccc(Sc2ccc(C)cc2Nc2ncnc3nc(SCC#N)sc23)cc1. The molecule has 0 aliphatic heterocycles. The van der Waals surface area contributed by atoms with Crippen molar-refractivity contribution in [2.75, 3.05) is 16.4 Å². The number of anilines is 3. The van der Waals surface area contributed by atoms with Gasteiger partial charge in [0.15, 0.2) is 15.8 Å². The van der Waals surface area contributed by atoms with E-state index in [0.29, 0.717) is 17.2 Å². The van der Waals surface area contributed by atoms with Crippen molar-refractivity contribution >= 4 is 68.3 Å². The third-order valence-electron chi connectivity index (χ3n) is 4.22. The number of thioether (sulfide) groups is 1. The molecule has 0 radical (unpaired) electrons. The number of fused-ring (bicyclic) bond motifs is 1. The quantitative estimate of drug-likeness (QED) is 0.318. The largest absolute Gasteiger partial charge is 0.338 e. The number of nitrogens with one attached hydrogen (secondary N) is 2. The van der Waals surface area contributed by atoms with Crippen LogP contribution in [0.3, 0.4) is 0 Å². The summed E-state index contributed by atoms with van der Waals surface area (Å²) in [6.07, 6.45) is 1.49. The fourth-order valence-electron chi connectivity index (χ4n) is 2.87. The molecular weight excluding hydrogens is 460 g/mol. The molecule has 0 unspecified atom stereocenters. The molecule has 10 heteroatoms. The second kappa shape index (κ2) is 9.99. The minimum Gasteiger partial charge on any atom is -0.338 e. The zero-order valence-corrected chi connectivity index (χ0v) is 19.7. The van der Waals surface area contributed by atoms with Crippen molar-refractivity contribution in [2.24, 2.45) is 0 Å². The van der Waals surface area contributed by atoms with Crippen molar-refractivity contribution in [3.63, 3.8) is 0 Å². The number of benzene rings is 2. The van der Waals surface area contributed by atoms with Gasteiger partial charge in [-0.2, -0.15) is 5.26 Å². The van der Waals surface area contributed by atoms with Crippen molar-refractivity contribution in [1.29, 1.82) is 5.26 Å². The Bertz CT molecular complexity index is 1310. The lowest BCUT2D eigenvalue weighted by Crippen LogP contribution is -2.05. The van der Waals surface area contributed by atoms with Crippen molar-refractivity contribution in [3.05, 3.63) is 54.4 Å². The Morgan fingerprint density at radius 2 is 2.00 bits per heavy atom. The molecule has 2 aromatic carbocycles. The summed E-state index contributed by atoms with van der Waals surface area (Å²) in [4.78, 5) is 26.5. The number of nitrogens with zero attached hydrogens (tertiary/aromatic N) is 4. The highest BCUT2D eigenvalue weighted by atomic mass is 32.2. The van der Waals surface area contributed by atoms with Gasteiger partial charge in [-0.05, 0) is 48.9 Å². The third-order valence-corrected chi connectivity index (χ3v) is 7.37. The van der Waals surface area contributed by atoms with E-state index in [1.165, 1.54) is 36.3 Å². The van der Waals surface area contributed by atoms with Crippen LogP contribution in [0.4, 0.5) is 17.2 Å². The van der Waals surface area contributed by atoms with Gasteiger partial charge < -0.3 is 10.6 Å². The number of carbonyl (C=O) groups is 1. The number of aryl methyl sites for hydroxylation is 1. The summed E-state index contributed by atoms with van der Waals surface area (Å²) >= 11 is 4.49. The summed E-state index contributed by atoms with van der Waals surface area (Å²) < 4.78 is 1.65. The van der Waals surface area contributed by atoms with Gasteiger partial charge in [0, 0.05) is 22.4 Å². The Balaban J connectivity index is 1.61. The van der Waals surface area contributed by atoms with Crippen LogP contribution in [0.5, 0.6) is 0 Å². The van der Waals surface area contributed by atoms with Crippen LogP contribution < -0.4 is 10.6 Å². The van der Waals surface area contributed by atoms with Gasteiger partial charge in [-0.1, -0.05) is 29.6 Å². The number of carbonyl (C=O) groups excluding carboxylic acids is 1. The molecule has 0 saturated carbocycles. The van der Waals surface area contributed by atoms with Gasteiger partial charge in [0.2, 0.25) is 5.91 Å². The molecule has 0 spiro atoms. The Morgan fingerprint density at radius 3 is 2.75 bits per heavy atom. The summed E-state index contributed by atoms with van der Waals surface area (Å²) in [5.41, 5.74) is 3.43. The fourth-order valence-corrected chi connectivity index (χ4v) is 5.45. The van der Waals surface area contributed by atoms with Crippen molar-refractivity contribution < 1.29 is 4.79 Å². The highest BCUT2D eigenvalue weighted by Gasteiger charge is 2.13. The molecule has 0 saturated heterocycles. The van der Waals surface area contributed by atoms with Gasteiger partial charge in [0.1, 0.15) is 11.0 Å². The molecule has 4 aromatic rings. The van der Waals surface area contributed by atoms with Gasteiger partial charge in [0.25, 0.3) is 0 Å². The second-order valence-electron chi connectivity index (χ2n) is 6.73. The molecule has 32 heavy (non-hydrogen) atoms. The van der Waals surface area contributed by atoms with Crippen molar-refractivity contribution in [1.82, 2.24) is 15.0 Å². The minimum atomic E-state index is -0.0937. The van der Waals surface area contributed by atoms with Crippen LogP contribution in [0.25, 0.3) is 10.3 Å². The van der Waals surface area contributed by atoms with Crippen LogP contribution in [-0.2, 0) is 4.79 Å². The fraction of sp³-hybridized carbons (Fsp3) is 0.136. The first-order valence-electron chi connectivity index (χ1n) is 9.56. The molecule has 7 nitrogen and oxygen atoms in total. The number of thiazole rings is 1. The predicted octanol–water partition coefficient (Wildman–Crippen LogP) is 5.86. The van der Waals surface area contributed by atoms with E-state index in [0.717, 1.165) is 35.8 Å². The molecule has 0 bridgehead atoms. The first-order chi connectivity index (χ1) is 15.5. The van der Waals surface area contributed by atoms with Crippen LogP contribution in [0.1, 0.15) is 12.5 Å². The van der Waals surface area contributed by atoms with E-state index >= 15 is 0 Å². The van der Waals surface area contributed by atoms with E-state index in [-0.39, 0.29) is 5.91 Å². The molecule has 2 aromatic heterocycles. The van der Waals surface area contributed by atoms with Gasteiger partial charge in [-0.25, -0.2) is 15.0 Å². The smallest absolute Gasteiger partial charge is 0.221 e. The number of hydrogen-bond donors (Lipinski definition) is 2. The van der Waals surface area contributed by atoms with Crippen LogP contribution in [-0.4, -0.2) is 26.6 Å². The van der Waals surface area contributed by atoms with Gasteiger partial charge in [0.05, 0.1) is 17.5 Å². The normalized spacial score (nSPS) is 10.7. The second-order valence-corrected chi connectivity index (χ2v) is 10.1. The Labute approximate surface area is 197 Å². The lowest BCUT2D eigenvalue weighted by molar-refractivity contribution is -0.114. The Hall–Kier alpha value is -3.13. The highest BCUT2D eigenvalue weighted by molar-refractivity contribution is 8.01. The molecule has 0 aliphatic carbocycles. The molecular formula is C22H18N6OS3. The van der Waals surface area contributed by atoms with Crippen LogP contribution in [0, 0.1) is 18.3 Å². The first-order valence-corrected chi connectivity index (χ1v) is 12.2. The minimum absolute atomic E-state index is 0.0937. The lowest BCUT2D eigenvalue weighted by atomic mass is 10.2. The average molecular weight is 479 g/mol. The summed E-state index contributed by atoms with van der Waals surface area (Å²) in [6, 6.07) is 16.1. The standard InChI is InChI=1S/C22H18N6OS3/c1-13-3-8-18(31-16-6-4-15(5-7-16)26-14(2)29)17(11-13)27-20-19-21(25-12-24-20)28-22(32-19)30-10-9-23/h3-8,11-12H,10H2,1-2H3,(H,26,29)(H,24,25,27). The van der Waals surface area contributed by atoms with Crippen molar-refractivity contribution in [3.8, 4) is 6.07 Å². The van der Waals surface area contributed by atoms with Gasteiger partial charge in [-0.15, -0.1) is 11.3 Å². The summed E-state index contributed by atoms with van der Waals surface area (Å²) in [6.45, 7) is 3.53. The van der Waals surface area contributed by atoms with Gasteiger partial charge in [-0.3, -0.25) is 4.79 Å². The van der Waals surface area contributed by atoms with Crippen molar-refractivity contribution in [2.45, 2.75) is 28.0 Å². The maximum Gasteiger partial charge on any atom is 0.221 e. The van der Waals surface area contributed by atoms with E-state index < -0.39 is 0 Å². The highest BCUT2D eigenvalue weighted by Crippen LogP contribution is 2.38. The number of rotatable bonds is 7. The van der Waals surface area contributed by atoms with E-state index in [4.69, 9.17) is 5.26 Å². The van der Waals surface area contributed by atoms with E-state index in [1.807, 2.05) is 31.2 Å². The summed E-state index contributed by atoms with van der Waals surface area (Å²) in [5, 5.41) is 15.1. The molecule has 160 valence electrons. The molecule has 4 rings (SSSR count). The zero-order valence-electron chi connectivity index (χ0n) is 17.2. The maximum atomic E-state index is 11.2. The Kier molecular flexibility index (Phi) is 6.90. The molecule has 0 fully saturated rings. The molecule has 2 heterocycles. The van der Waals surface area contributed by atoms with E-state index in [2.05, 4.69) is 49.9 Å². The summed E-state index contributed by atoms with van der Waals surface area (Å²) in [7, 11) is 0. The van der Waals surface area contributed by atoms with Crippen LogP contribution in [0.2, 0.25) is 0 Å². The average Bonchev–Trinajstić information content (AvgIpc) is 3.19. The molecule has 1 amide bonds. The lowest BCUT2D eigenvalue weighted by Gasteiger charge is -2.13. The monoisotopic (exact) mass is 478 g/mol. The van der Waals surface area contributed by atoms with Gasteiger partial charge >= 0.3 is 0 Å². The van der Waals surface area contributed by atoms with Crippen LogP contribution >= 0.6 is 34.9 Å². The number of hydrogen-bond acceptors (Lipinski definition) is 9. The summed E-state index contributed by atoms with van der Waals surface area (Å²) in [5.74, 6) is 0.934. The molecule has 2 N–H and O–H groups in total. The Morgan fingerprint density at radius 1 is 1.19 bits per heavy atom. The van der Waals surface area contributed by atoms with E-state index in [1.54, 1.807) is 11.8 Å². The number of nitriles is 1. The molecule has 0 atom stereocenters. The van der Waals surface area contributed by atoms with Crippen LogP contribution in [0.15, 0.2) is 62.9 Å². The maximum absolute atomic E-state index is 11.2. The zero-order chi connectivity index (χ0) is 22.5. The topological polar surface area (TPSA) is 104 Å². The number of amides is 1. The third kappa shape index (κ3) is 5.37. The van der Waals surface area contributed by atoms with E-state index in [9.17, 15) is 4.79 Å².